The molecule has 33 heavy (non-hydrogen) atoms. The highest BCUT2D eigenvalue weighted by molar-refractivity contribution is 6.31. The van der Waals surface area contributed by atoms with Crippen molar-refractivity contribution in [3.05, 3.63) is 94.4 Å². The number of hydrogen-bond donors (Lipinski definition) is 1. The van der Waals surface area contributed by atoms with Gasteiger partial charge in [0.25, 0.3) is 5.91 Å². The summed E-state index contributed by atoms with van der Waals surface area (Å²) in [6.45, 7) is 1.82. The van der Waals surface area contributed by atoms with Crippen LogP contribution in [0.5, 0.6) is 5.75 Å². The van der Waals surface area contributed by atoms with Crippen molar-refractivity contribution in [1.82, 2.24) is 0 Å². The van der Waals surface area contributed by atoms with Crippen molar-refractivity contribution in [3.8, 4) is 5.75 Å². The lowest BCUT2D eigenvalue weighted by molar-refractivity contribution is 0.0995. The lowest BCUT2D eigenvalue weighted by atomic mass is 10.0. The standard InChI is InChI=1S/C26H18ClNO5/c1-14-20-13-18(28-26(30)23-12-16-11-17(27)5-9-21(16)32-23)6-10-22(20)33-25(14)24(29)15-3-7-19(31-2)8-4-15/h3-13H,1-2H3,(H,28,30). The summed E-state index contributed by atoms with van der Waals surface area (Å²) >= 11 is 6.00. The monoisotopic (exact) mass is 459 g/mol. The highest BCUT2D eigenvalue weighted by atomic mass is 35.5. The van der Waals surface area contributed by atoms with Gasteiger partial charge in [-0.15, -0.1) is 0 Å². The highest BCUT2D eigenvalue weighted by Crippen LogP contribution is 2.30. The first kappa shape index (κ1) is 20.8. The maximum absolute atomic E-state index is 13.0. The van der Waals surface area contributed by atoms with Gasteiger partial charge in [0.1, 0.15) is 16.9 Å². The molecule has 0 aliphatic carbocycles. The zero-order chi connectivity index (χ0) is 23.1. The van der Waals surface area contributed by atoms with Crippen LogP contribution in [0.15, 0.2) is 75.6 Å². The van der Waals surface area contributed by atoms with Gasteiger partial charge in [0.2, 0.25) is 5.78 Å². The van der Waals surface area contributed by atoms with Crippen LogP contribution in [0.1, 0.15) is 32.2 Å². The van der Waals surface area contributed by atoms with Crippen LogP contribution in [0.4, 0.5) is 5.69 Å². The number of aryl methyl sites for hydroxylation is 1. The van der Waals surface area contributed by atoms with Gasteiger partial charge in [0, 0.05) is 32.6 Å². The number of methoxy groups -OCH3 is 1. The Morgan fingerprint density at radius 1 is 0.909 bits per heavy atom. The number of halogens is 1. The maximum atomic E-state index is 13.0. The number of ketones is 1. The molecule has 2 heterocycles. The number of amides is 1. The van der Waals surface area contributed by atoms with E-state index in [0.29, 0.717) is 38.8 Å². The van der Waals surface area contributed by atoms with E-state index in [1.54, 1.807) is 73.8 Å². The van der Waals surface area contributed by atoms with Crippen molar-refractivity contribution in [2.24, 2.45) is 0 Å². The number of benzene rings is 3. The summed E-state index contributed by atoms with van der Waals surface area (Å²) in [5.41, 5.74) is 2.88. The SMILES string of the molecule is COc1ccc(C(=O)c2oc3ccc(NC(=O)c4cc5cc(Cl)ccc5o4)cc3c2C)cc1. The third-order valence-corrected chi connectivity index (χ3v) is 5.69. The molecule has 0 fully saturated rings. The van der Waals surface area contributed by atoms with Crippen LogP contribution in [-0.2, 0) is 0 Å². The third kappa shape index (κ3) is 3.85. The molecule has 5 aromatic rings. The Morgan fingerprint density at radius 2 is 1.67 bits per heavy atom. The fraction of sp³-hybridized carbons (Fsp3) is 0.0769. The molecule has 164 valence electrons. The van der Waals surface area contributed by atoms with Crippen LogP contribution < -0.4 is 10.1 Å². The number of rotatable bonds is 5. The van der Waals surface area contributed by atoms with E-state index >= 15 is 0 Å². The maximum Gasteiger partial charge on any atom is 0.291 e. The first-order valence-electron chi connectivity index (χ1n) is 10.2. The Labute approximate surface area is 193 Å². The van der Waals surface area contributed by atoms with Gasteiger partial charge in [-0.2, -0.15) is 0 Å². The van der Waals surface area contributed by atoms with E-state index < -0.39 is 5.91 Å². The predicted molar refractivity (Wildman–Crippen MR) is 127 cm³/mol. The van der Waals surface area contributed by atoms with Gasteiger partial charge in [-0.1, -0.05) is 11.6 Å². The summed E-state index contributed by atoms with van der Waals surface area (Å²) in [6, 6.07) is 18.9. The minimum Gasteiger partial charge on any atom is -0.497 e. The predicted octanol–water partition coefficient (Wildman–Crippen LogP) is 6.63. The van der Waals surface area contributed by atoms with E-state index in [4.69, 9.17) is 25.2 Å². The molecule has 1 N–H and O–H groups in total. The van der Waals surface area contributed by atoms with Crippen molar-refractivity contribution >= 4 is 50.9 Å². The van der Waals surface area contributed by atoms with E-state index in [1.165, 1.54) is 0 Å². The zero-order valence-electron chi connectivity index (χ0n) is 17.8. The molecule has 0 atom stereocenters. The number of furan rings is 2. The lowest BCUT2D eigenvalue weighted by Gasteiger charge is -2.03. The fourth-order valence-electron chi connectivity index (χ4n) is 3.71. The zero-order valence-corrected chi connectivity index (χ0v) is 18.5. The molecule has 0 unspecified atom stereocenters. The Morgan fingerprint density at radius 3 is 2.42 bits per heavy atom. The Bertz CT molecular complexity index is 1530. The minimum absolute atomic E-state index is 0.173. The van der Waals surface area contributed by atoms with Gasteiger partial charge < -0.3 is 18.9 Å². The molecule has 1 amide bonds. The first-order valence-corrected chi connectivity index (χ1v) is 10.5. The summed E-state index contributed by atoms with van der Waals surface area (Å²) in [4.78, 5) is 25.7. The number of carbonyl (C=O) groups excluding carboxylic acids is 2. The molecule has 0 spiro atoms. The summed E-state index contributed by atoms with van der Waals surface area (Å²) in [5, 5.41) is 4.88. The molecule has 3 aromatic carbocycles. The number of anilines is 1. The number of ether oxygens (including phenoxy) is 1. The van der Waals surface area contributed by atoms with E-state index in [-0.39, 0.29) is 17.3 Å². The van der Waals surface area contributed by atoms with Crippen molar-refractivity contribution in [3.63, 3.8) is 0 Å². The van der Waals surface area contributed by atoms with Crippen LogP contribution in [-0.4, -0.2) is 18.8 Å². The number of nitrogens with one attached hydrogen (secondary N) is 1. The third-order valence-electron chi connectivity index (χ3n) is 5.45. The second-order valence-corrected chi connectivity index (χ2v) is 8.01. The molecule has 0 aliphatic rings. The lowest BCUT2D eigenvalue weighted by Crippen LogP contribution is -2.10. The fourth-order valence-corrected chi connectivity index (χ4v) is 3.89. The molecule has 0 aliphatic heterocycles. The second kappa shape index (κ2) is 8.15. The van der Waals surface area contributed by atoms with Gasteiger partial charge in [0.05, 0.1) is 7.11 Å². The first-order chi connectivity index (χ1) is 15.9. The van der Waals surface area contributed by atoms with E-state index in [0.717, 1.165) is 10.8 Å². The molecule has 0 radical (unpaired) electrons. The average molecular weight is 460 g/mol. The van der Waals surface area contributed by atoms with Crippen LogP contribution in [0.3, 0.4) is 0 Å². The molecule has 0 saturated heterocycles. The Balaban J connectivity index is 1.42. The molecular weight excluding hydrogens is 442 g/mol. The van der Waals surface area contributed by atoms with Gasteiger partial charge in [-0.25, -0.2) is 0 Å². The van der Waals surface area contributed by atoms with Gasteiger partial charge >= 0.3 is 0 Å². The van der Waals surface area contributed by atoms with Crippen LogP contribution in [0.25, 0.3) is 21.9 Å². The van der Waals surface area contributed by atoms with Crippen molar-refractivity contribution in [1.29, 1.82) is 0 Å². The van der Waals surface area contributed by atoms with Gasteiger partial charge in [0.15, 0.2) is 11.5 Å². The molecular formula is C26H18ClNO5. The van der Waals surface area contributed by atoms with Crippen LogP contribution in [0.2, 0.25) is 5.02 Å². The average Bonchev–Trinajstić information content (AvgIpc) is 3.39. The van der Waals surface area contributed by atoms with Gasteiger partial charge in [-0.05, 0) is 73.7 Å². The van der Waals surface area contributed by atoms with E-state index in [2.05, 4.69) is 5.32 Å². The molecule has 0 saturated carbocycles. The van der Waals surface area contributed by atoms with Crippen molar-refractivity contribution < 1.29 is 23.2 Å². The van der Waals surface area contributed by atoms with Gasteiger partial charge in [-0.3, -0.25) is 9.59 Å². The molecule has 7 heteroatoms. The van der Waals surface area contributed by atoms with Crippen molar-refractivity contribution in [2.75, 3.05) is 12.4 Å². The number of hydrogen-bond acceptors (Lipinski definition) is 5. The molecule has 0 bridgehead atoms. The molecule has 2 aromatic heterocycles. The molecule has 6 nitrogen and oxygen atoms in total. The Hall–Kier alpha value is -4.03. The Kier molecular flexibility index (Phi) is 5.15. The number of carbonyl (C=O) groups is 2. The van der Waals surface area contributed by atoms with E-state index in [1.807, 2.05) is 6.92 Å². The van der Waals surface area contributed by atoms with Crippen molar-refractivity contribution in [2.45, 2.75) is 6.92 Å². The van der Waals surface area contributed by atoms with E-state index in [9.17, 15) is 9.59 Å². The number of fused-ring (bicyclic) bond motifs is 2. The quantitative estimate of drug-likeness (QED) is 0.298. The second-order valence-electron chi connectivity index (χ2n) is 7.57. The summed E-state index contributed by atoms with van der Waals surface area (Å²) in [7, 11) is 1.57. The highest BCUT2D eigenvalue weighted by Gasteiger charge is 2.20. The molecule has 5 rings (SSSR count). The summed E-state index contributed by atoms with van der Waals surface area (Å²) in [5.74, 6) is 0.482. The normalized spacial score (nSPS) is 11.1. The smallest absolute Gasteiger partial charge is 0.291 e. The minimum atomic E-state index is -0.391. The topological polar surface area (TPSA) is 81.7 Å². The largest absolute Gasteiger partial charge is 0.497 e. The summed E-state index contributed by atoms with van der Waals surface area (Å²) in [6.07, 6.45) is 0. The van der Waals surface area contributed by atoms with Crippen LogP contribution in [0, 0.1) is 6.92 Å². The summed E-state index contributed by atoms with van der Waals surface area (Å²) < 4.78 is 16.6. The van der Waals surface area contributed by atoms with Crippen LogP contribution >= 0.6 is 11.6 Å².